The molecule has 0 radical (unpaired) electrons. The summed E-state index contributed by atoms with van der Waals surface area (Å²) < 4.78 is 36.9. The normalized spacial score (nSPS) is 10.7. The maximum atomic E-state index is 12.3. The Bertz CT molecular complexity index is 556. The molecule has 0 atom stereocenters. The lowest BCUT2D eigenvalue weighted by atomic mass is 10.0. The van der Waals surface area contributed by atoms with E-state index in [0.29, 0.717) is 16.0 Å². The van der Waals surface area contributed by atoms with E-state index >= 15 is 0 Å². The molecule has 0 unspecified atom stereocenters. The van der Waals surface area contributed by atoms with Crippen molar-refractivity contribution in [3.63, 3.8) is 0 Å². The smallest absolute Gasteiger partial charge is 0.333 e. The minimum absolute atomic E-state index is 0.172. The number of hydrogen-bond donors (Lipinski definition) is 1. The second kappa shape index (κ2) is 6.44. The molecule has 108 valence electrons. The molecule has 2 N–H and O–H groups in total. The minimum Gasteiger partial charge on any atom is -0.333 e. The number of alkyl halides is 3. The van der Waals surface area contributed by atoms with E-state index in [0.717, 1.165) is 7.05 Å². The van der Waals surface area contributed by atoms with Crippen molar-refractivity contribution in [1.82, 2.24) is 4.90 Å². The summed E-state index contributed by atoms with van der Waals surface area (Å²) >= 11 is 0. The number of halogens is 3. The van der Waals surface area contributed by atoms with Gasteiger partial charge in [0.1, 0.15) is 6.54 Å². The van der Waals surface area contributed by atoms with Crippen molar-refractivity contribution in [3.05, 3.63) is 34.9 Å². The molecule has 0 bridgehead atoms. The molecule has 0 aliphatic rings. The summed E-state index contributed by atoms with van der Waals surface area (Å²) in [6.07, 6.45) is -4.42. The first-order chi connectivity index (χ1) is 9.24. The molecule has 0 fully saturated rings. The average Bonchev–Trinajstić information content (AvgIpc) is 2.35. The van der Waals surface area contributed by atoms with E-state index in [-0.39, 0.29) is 12.1 Å². The monoisotopic (exact) mass is 284 g/mol. The molecule has 1 rings (SSSR count). The van der Waals surface area contributed by atoms with Gasteiger partial charge in [0.05, 0.1) is 6.54 Å². The fourth-order valence-corrected chi connectivity index (χ4v) is 1.63. The van der Waals surface area contributed by atoms with Crippen molar-refractivity contribution >= 4 is 5.91 Å². The SMILES string of the molecule is Cc1ccc(C#CCN)cc1C(=O)N(C)CC(F)(F)F. The van der Waals surface area contributed by atoms with Gasteiger partial charge in [-0.3, -0.25) is 4.79 Å². The van der Waals surface area contributed by atoms with E-state index in [9.17, 15) is 18.0 Å². The van der Waals surface area contributed by atoms with Gasteiger partial charge in [0.2, 0.25) is 0 Å². The summed E-state index contributed by atoms with van der Waals surface area (Å²) in [7, 11) is 1.12. The van der Waals surface area contributed by atoms with Gasteiger partial charge < -0.3 is 10.6 Å². The third-order valence-electron chi connectivity index (χ3n) is 2.57. The molecule has 1 aromatic carbocycles. The minimum atomic E-state index is -4.42. The lowest BCUT2D eigenvalue weighted by Crippen LogP contribution is -2.36. The van der Waals surface area contributed by atoms with Crippen LogP contribution in [0, 0.1) is 18.8 Å². The molecule has 0 aromatic heterocycles. The predicted molar refractivity (Wildman–Crippen MR) is 70.1 cm³/mol. The second-order valence-corrected chi connectivity index (χ2v) is 4.31. The van der Waals surface area contributed by atoms with Crippen LogP contribution in [0.4, 0.5) is 13.2 Å². The summed E-state index contributed by atoms with van der Waals surface area (Å²) in [5.74, 6) is 4.69. The van der Waals surface area contributed by atoms with Gasteiger partial charge >= 0.3 is 6.18 Å². The van der Waals surface area contributed by atoms with E-state index in [1.165, 1.54) is 6.07 Å². The largest absolute Gasteiger partial charge is 0.406 e. The van der Waals surface area contributed by atoms with Crippen LogP contribution in [-0.4, -0.2) is 37.1 Å². The van der Waals surface area contributed by atoms with Crippen LogP contribution in [-0.2, 0) is 0 Å². The zero-order valence-corrected chi connectivity index (χ0v) is 11.2. The van der Waals surface area contributed by atoms with Crippen molar-refractivity contribution in [2.24, 2.45) is 5.73 Å². The van der Waals surface area contributed by atoms with E-state index in [1.807, 2.05) is 0 Å². The van der Waals surface area contributed by atoms with Gasteiger partial charge in [-0.1, -0.05) is 17.9 Å². The number of nitrogens with two attached hydrogens (primary N) is 1. The third-order valence-corrected chi connectivity index (χ3v) is 2.57. The molecule has 0 aliphatic heterocycles. The van der Waals surface area contributed by atoms with Gasteiger partial charge in [-0.05, 0) is 24.6 Å². The van der Waals surface area contributed by atoms with Crippen LogP contribution in [0.1, 0.15) is 21.5 Å². The summed E-state index contributed by atoms with van der Waals surface area (Å²) in [5, 5.41) is 0. The summed E-state index contributed by atoms with van der Waals surface area (Å²) in [6, 6.07) is 4.82. The Hall–Kier alpha value is -2.00. The van der Waals surface area contributed by atoms with Gasteiger partial charge in [0.15, 0.2) is 0 Å². The van der Waals surface area contributed by atoms with Crippen molar-refractivity contribution < 1.29 is 18.0 Å². The second-order valence-electron chi connectivity index (χ2n) is 4.31. The number of rotatable bonds is 2. The summed E-state index contributed by atoms with van der Waals surface area (Å²) in [6.45, 7) is 0.546. The van der Waals surface area contributed by atoms with Crippen LogP contribution in [0.15, 0.2) is 18.2 Å². The van der Waals surface area contributed by atoms with Crippen LogP contribution < -0.4 is 5.73 Å². The van der Waals surface area contributed by atoms with Crippen molar-refractivity contribution in [2.75, 3.05) is 20.1 Å². The Morgan fingerprint density at radius 2 is 2.05 bits per heavy atom. The molecule has 0 heterocycles. The number of aryl methyl sites for hydroxylation is 1. The quantitative estimate of drug-likeness (QED) is 0.844. The van der Waals surface area contributed by atoms with Crippen LogP contribution in [0.2, 0.25) is 0 Å². The number of nitrogens with zero attached hydrogens (tertiary/aromatic N) is 1. The third kappa shape index (κ3) is 4.59. The van der Waals surface area contributed by atoms with Crippen LogP contribution >= 0.6 is 0 Å². The lowest BCUT2D eigenvalue weighted by molar-refractivity contribution is -0.138. The highest BCUT2D eigenvalue weighted by Gasteiger charge is 2.31. The zero-order valence-electron chi connectivity index (χ0n) is 11.2. The molecule has 1 amide bonds. The fraction of sp³-hybridized carbons (Fsp3) is 0.357. The Morgan fingerprint density at radius 1 is 1.40 bits per heavy atom. The number of hydrogen-bond acceptors (Lipinski definition) is 2. The van der Waals surface area contributed by atoms with Crippen molar-refractivity contribution in [2.45, 2.75) is 13.1 Å². The first-order valence-corrected chi connectivity index (χ1v) is 5.86. The zero-order chi connectivity index (χ0) is 15.3. The van der Waals surface area contributed by atoms with Crippen LogP contribution in [0.25, 0.3) is 0 Å². The molecular formula is C14H15F3N2O. The van der Waals surface area contributed by atoms with Gasteiger partial charge in [0, 0.05) is 18.2 Å². The van der Waals surface area contributed by atoms with Crippen LogP contribution in [0.3, 0.4) is 0 Å². The van der Waals surface area contributed by atoms with Crippen molar-refractivity contribution in [3.8, 4) is 11.8 Å². The molecular weight excluding hydrogens is 269 g/mol. The molecule has 0 saturated heterocycles. The Morgan fingerprint density at radius 3 is 2.60 bits per heavy atom. The fourth-order valence-electron chi connectivity index (χ4n) is 1.63. The molecule has 6 heteroatoms. The van der Waals surface area contributed by atoms with E-state index in [2.05, 4.69) is 11.8 Å². The number of carbonyl (C=O) groups excluding carboxylic acids is 1. The first-order valence-electron chi connectivity index (χ1n) is 5.86. The van der Waals surface area contributed by atoms with Gasteiger partial charge in [-0.25, -0.2) is 0 Å². The Kier molecular flexibility index (Phi) is 5.17. The summed E-state index contributed by atoms with van der Waals surface area (Å²) in [5.41, 5.74) is 6.60. The van der Waals surface area contributed by atoms with Gasteiger partial charge in [-0.2, -0.15) is 13.2 Å². The summed E-state index contributed by atoms with van der Waals surface area (Å²) in [4.78, 5) is 12.7. The highest BCUT2D eigenvalue weighted by atomic mass is 19.4. The lowest BCUT2D eigenvalue weighted by Gasteiger charge is -2.20. The Balaban J connectivity index is 3.03. The van der Waals surface area contributed by atoms with E-state index in [1.54, 1.807) is 19.1 Å². The first kappa shape index (κ1) is 16.1. The molecule has 0 saturated carbocycles. The molecule has 0 aliphatic carbocycles. The molecule has 0 spiro atoms. The molecule has 3 nitrogen and oxygen atoms in total. The van der Waals surface area contributed by atoms with Crippen molar-refractivity contribution in [1.29, 1.82) is 0 Å². The standard InChI is InChI=1S/C14H15F3N2O/c1-10-5-6-11(4-3-7-18)8-12(10)13(20)19(2)9-14(15,16)17/h5-6,8H,7,9,18H2,1-2H3. The number of amides is 1. The van der Waals surface area contributed by atoms with E-state index in [4.69, 9.17) is 5.73 Å². The maximum Gasteiger partial charge on any atom is 0.406 e. The number of carbonyl (C=O) groups is 1. The van der Waals surface area contributed by atoms with Gasteiger partial charge in [-0.15, -0.1) is 0 Å². The number of benzene rings is 1. The van der Waals surface area contributed by atoms with Gasteiger partial charge in [0.25, 0.3) is 5.91 Å². The maximum absolute atomic E-state index is 12.3. The Labute approximate surface area is 115 Å². The average molecular weight is 284 g/mol. The van der Waals surface area contributed by atoms with Crippen LogP contribution in [0.5, 0.6) is 0 Å². The highest BCUT2D eigenvalue weighted by molar-refractivity contribution is 5.95. The molecule has 1 aromatic rings. The highest BCUT2D eigenvalue weighted by Crippen LogP contribution is 2.18. The predicted octanol–water partition coefficient (Wildman–Crippen LogP) is 1.94. The topological polar surface area (TPSA) is 46.3 Å². The van der Waals surface area contributed by atoms with E-state index < -0.39 is 18.6 Å². The molecule has 20 heavy (non-hydrogen) atoms.